The Balaban J connectivity index is 0.000000511. The molecule has 0 fully saturated rings. The Morgan fingerprint density at radius 3 is 1.85 bits per heavy atom. The van der Waals surface area contributed by atoms with Crippen molar-refractivity contribution in [2.75, 3.05) is 13.2 Å². The Kier molecular flexibility index (Phi) is 10.4. The van der Waals surface area contributed by atoms with E-state index in [0.717, 1.165) is 6.08 Å². The average molecular weight is 380 g/mol. The molecule has 9 nitrogen and oxygen atoms in total. The molecule has 0 saturated carbocycles. The van der Waals surface area contributed by atoms with Gasteiger partial charge in [0.2, 0.25) is 0 Å². The molecule has 0 bridgehead atoms. The van der Waals surface area contributed by atoms with Crippen LogP contribution in [0.2, 0.25) is 0 Å². The summed E-state index contributed by atoms with van der Waals surface area (Å²) in [7, 11) is 0. The van der Waals surface area contributed by atoms with Gasteiger partial charge in [0.05, 0.1) is 11.1 Å². The highest BCUT2D eigenvalue weighted by atomic mass is 16.6. The van der Waals surface area contributed by atoms with Gasteiger partial charge in [-0.2, -0.15) is 0 Å². The van der Waals surface area contributed by atoms with Crippen molar-refractivity contribution < 1.29 is 44.0 Å². The van der Waals surface area contributed by atoms with Crippen LogP contribution in [0.15, 0.2) is 49.1 Å². The Morgan fingerprint density at radius 1 is 1.04 bits per heavy atom. The fraction of sp³-hybridized carbons (Fsp3) is 0.222. The molecule has 0 aromatic heterocycles. The van der Waals surface area contributed by atoms with E-state index in [4.69, 9.17) is 10.2 Å². The van der Waals surface area contributed by atoms with Crippen LogP contribution >= 0.6 is 0 Å². The number of hydrogen-bond donors (Lipinski definition) is 3. The Hall–Kier alpha value is -3.46. The predicted octanol–water partition coefficient (Wildman–Crippen LogP) is 1.28. The molecule has 27 heavy (non-hydrogen) atoms. The zero-order valence-electron chi connectivity index (χ0n) is 14.6. The third-order valence-electron chi connectivity index (χ3n) is 2.73. The lowest BCUT2D eigenvalue weighted by atomic mass is 10.1. The summed E-state index contributed by atoms with van der Waals surface area (Å²) in [6.07, 6.45) is -0.0655. The Bertz CT molecular complexity index is 688. The van der Waals surface area contributed by atoms with Gasteiger partial charge in [-0.05, 0) is 19.1 Å². The normalized spacial score (nSPS) is 10.4. The van der Waals surface area contributed by atoms with Crippen molar-refractivity contribution in [1.29, 1.82) is 0 Å². The molecule has 1 atom stereocenters. The lowest BCUT2D eigenvalue weighted by Crippen LogP contribution is -2.25. The maximum atomic E-state index is 10.9. The fourth-order valence-corrected chi connectivity index (χ4v) is 1.44. The van der Waals surface area contributed by atoms with Crippen LogP contribution in [0.5, 0.6) is 0 Å². The van der Waals surface area contributed by atoms with E-state index in [-0.39, 0.29) is 29.9 Å². The van der Waals surface area contributed by atoms with Gasteiger partial charge in [-0.3, -0.25) is 0 Å². The first kappa shape index (κ1) is 23.5. The molecule has 0 aliphatic carbocycles. The van der Waals surface area contributed by atoms with Gasteiger partial charge >= 0.3 is 23.9 Å². The van der Waals surface area contributed by atoms with Gasteiger partial charge in [-0.15, -0.1) is 0 Å². The fourth-order valence-electron chi connectivity index (χ4n) is 1.44. The molecule has 0 radical (unpaired) electrons. The first-order valence-electron chi connectivity index (χ1n) is 7.45. The first-order chi connectivity index (χ1) is 12.6. The summed E-state index contributed by atoms with van der Waals surface area (Å²) in [5.41, 5.74) is -0.139. The zero-order valence-corrected chi connectivity index (χ0v) is 14.6. The molecule has 0 amide bonds. The van der Waals surface area contributed by atoms with Crippen LogP contribution in [-0.4, -0.2) is 58.5 Å². The molecular formula is C18H20O9. The van der Waals surface area contributed by atoms with Crippen LogP contribution in [0.4, 0.5) is 0 Å². The number of aromatic carboxylic acids is 2. The van der Waals surface area contributed by atoms with Gasteiger partial charge in [-0.25, -0.2) is 19.2 Å². The standard InChI is InChI=1S/C10H14O5.C8H6O4/c1-4-9(12)14-5-8(11)6-15-10(13)7(2)3;9-7(10)5-3-1-2-4-6(5)8(11)12/h4,8,11H,1-2,5-6H2,3H3;1-4H,(H,9,10)(H,11,12). The summed E-state index contributed by atoms with van der Waals surface area (Å²) in [4.78, 5) is 42.4. The maximum Gasteiger partial charge on any atom is 0.336 e. The molecule has 0 spiro atoms. The molecule has 1 aromatic rings. The van der Waals surface area contributed by atoms with E-state index in [1.807, 2.05) is 0 Å². The monoisotopic (exact) mass is 380 g/mol. The molecule has 0 heterocycles. The van der Waals surface area contributed by atoms with Crippen LogP contribution in [0, 0.1) is 0 Å². The van der Waals surface area contributed by atoms with Gasteiger partial charge in [0, 0.05) is 11.6 Å². The summed E-state index contributed by atoms with van der Waals surface area (Å²) < 4.78 is 9.15. The first-order valence-corrected chi connectivity index (χ1v) is 7.45. The van der Waals surface area contributed by atoms with Crippen molar-refractivity contribution >= 4 is 23.9 Å². The number of aliphatic hydroxyl groups excluding tert-OH is 1. The second kappa shape index (κ2) is 12.0. The van der Waals surface area contributed by atoms with Gasteiger partial charge in [0.15, 0.2) is 0 Å². The second-order valence-corrected chi connectivity index (χ2v) is 5.02. The van der Waals surface area contributed by atoms with Crippen molar-refractivity contribution in [3.05, 3.63) is 60.2 Å². The quantitative estimate of drug-likeness (QED) is 0.448. The number of hydrogen-bond acceptors (Lipinski definition) is 7. The predicted molar refractivity (Wildman–Crippen MR) is 93.3 cm³/mol. The van der Waals surface area contributed by atoms with Crippen LogP contribution in [0.25, 0.3) is 0 Å². The number of carbonyl (C=O) groups excluding carboxylic acids is 2. The number of esters is 2. The van der Waals surface area contributed by atoms with Gasteiger partial charge in [-0.1, -0.05) is 25.3 Å². The van der Waals surface area contributed by atoms with Gasteiger partial charge in [0.1, 0.15) is 19.3 Å². The average Bonchev–Trinajstić information content (AvgIpc) is 2.64. The van der Waals surface area contributed by atoms with E-state index in [9.17, 15) is 24.3 Å². The second-order valence-electron chi connectivity index (χ2n) is 5.02. The van der Waals surface area contributed by atoms with E-state index in [1.54, 1.807) is 0 Å². The van der Waals surface area contributed by atoms with Crippen LogP contribution < -0.4 is 0 Å². The Labute approximate surface area is 155 Å². The summed E-state index contributed by atoms with van der Waals surface area (Å²) >= 11 is 0. The van der Waals surface area contributed by atoms with Gasteiger partial charge in [0.25, 0.3) is 0 Å². The molecule has 146 valence electrons. The minimum atomic E-state index is -1.23. The smallest absolute Gasteiger partial charge is 0.336 e. The largest absolute Gasteiger partial charge is 0.478 e. The molecule has 9 heteroatoms. The van der Waals surface area contributed by atoms with E-state index in [0.29, 0.717) is 0 Å². The lowest BCUT2D eigenvalue weighted by molar-refractivity contribution is -0.146. The van der Waals surface area contributed by atoms with E-state index in [1.165, 1.54) is 31.2 Å². The Morgan fingerprint density at radius 2 is 1.48 bits per heavy atom. The molecule has 3 N–H and O–H groups in total. The molecular weight excluding hydrogens is 360 g/mol. The molecule has 0 aliphatic rings. The number of carboxylic acid groups (broad SMARTS) is 2. The highest BCUT2D eigenvalue weighted by molar-refractivity contribution is 6.01. The summed E-state index contributed by atoms with van der Waals surface area (Å²) in [5, 5.41) is 26.3. The van der Waals surface area contributed by atoms with Crippen molar-refractivity contribution in [2.24, 2.45) is 0 Å². The summed E-state index contributed by atoms with van der Waals surface area (Å²) in [6, 6.07) is 5.48. The number of carboxylic acids is 2. The van der Waals surface area contributed by atoms with Crippen molar-refractivity contribution in [2.45, 2.75) is 13.0 Å². The number of rotatable bonds is 8. The van der Waals surface area contributed by atoms with Crippen molar-refractivity contribution in [1.82, 2.24) is 0 Å². The number of ether oxygens (including phenoxy) is 2. The number of aliphatic hydroxyl groups is 1. The van der Waals surface area contributed by atoms with Crippen molar-refractivity contribution in [3.8, 4) is 0 Å². The highest BCUT2D eigenvalue weighted by Crippen LogP contribution is 2.07. The molecule has 0 saturated heterocycles. The molecule has 1 aromatic carbocycles. The lowest BCUT2D eigenvalue weighted by Gasteiger charge is -2.10. The zero-order chi connectivity index (χ0) is 21.0. The summed E-state index contributed by atoms with van der Waals surface area (Å²) in [5.74, 6) is -3.69. The molecule has 1 rings (SSSR count). The number of carbonyl (C=O) groups is 4. The van der Waals surface area contributed by atoms with Crippen LogP contribution in [0.3, 0.4) is 0 Å². The minimum Gasteiger partial charge on any atom is -0.478 e. The van der Waals surface area contributed by atoms with E-state index < -0.39 is 30.0 Å². The van der Waals surface area contributed by atoms with E-state index in [2.05, 4.69) is 22.6 Å². The highest BCUT2D eigenvalue weighted by Gasteiger charge is 2.13. The third kappa shape index (κ3) is 9.56. The number of benzene rings is 1. The van der Waals surface area contributed by atoms with Crippen LogP contribution in [-0.2, 0) is 19.1 Å². The molecule has 1 unspecified atom stereocenters. The maximum absolute atomic E-state index is 10.9. The topological polar surface area (TPSA) is 147 Å². The van der Waals surface area contributed by atoms with E-state index >= 15 is 0 Å². The van der Waals surface area contributed by atoms with Crippen molar-refractivity contribution in [3.63, 3.8) is 0 Å². The SMILES string of the molecule is C=CC(=O)OCC(O)COC(=O)C(=C)C.O=C(O)c1ccccc1C(=O)O. The summed E-state index contributed by atoms with van der Waals surface area (Å²) in [6.45, 7) is 7.56. The third-order valence-corrected chi connectivity index (χ3v) is 2.73. The van der Waals surface area contributed by atoms with Crippen LogP contribution in [0.1, 0.15) is 27.6 Å². The van der Waals surface area contributed by atoms with Gasteiger partial charge < -0.3 is 24.8 Å². The minimum absolute atomic E-state index is 0.190. The molecule has 0 aliphatic heterocycles.